The topological polar surface area (TPSA) is 12.9 Å². The summed E-state index contributed by atoms with van der Waals surface area (Å²) in [5, 5.41) is 0.521. The normalized spacial score (nSPS) is 9.90. The maximum Gasteiger partial charge on any atom is 0.216 e. The van der Waals surface area contributed by atoms with Crippen molar-refractivity contribution in [3.05, 3.63) is 29.3 Å². The van der Waals surface area contributed by atoms with E-state index in [0.717, 1.165) is 5.56 Å². The van der Waals surface area contributed by atoms with Crippen molar-refractivity contribution in [2.45, 2.75) is 12.3 Å². The predicted molar refractivity (Wildman–Crippen MR) is 41.6 cm³/mol. The average Bonchev–Trinajstić information content (AvgIpc) is 1.94. The van der Waals surface area contributed by atoms with Crippen LogP contribution in [0.2, 0.25) is 0 Å². The molecule has 1 rings (SSSR count). The Hall–Kier alpha value is -0.440. The molecule has 0 unspecified atom stereocenters. The molecule has 1 aromatic rings. The van der Waals surface area contributed by atoms with Gasteiger partial charge in [-0.05, 0) is 18.6 Å². The minimum Gasteiger partial charge on any atom is -0.228 e. The van der Waals surface area contributed by atoms with Gasteiger partial charge >= 0.3 is 0 Å². The van der Waals surface area contributed by atoms with Gasteiger partial charge in [-0.1, -0.05) is 15.9 Å². The minimum absolute atomic E-state index is 0.387. The fourth-order valence-electron chi connectivity index (χ4n) is 0.707. The molecule has 1 heterocycles. The molecule has 1 nitrogen and oxygen atoms in total. The van der Waals surface area contributed by atoms with E-state index in [1.807, 2.05) is 6.92 Å². The predicted octanol–water partition coefficient (Wildman–Crippen LogP) is 2.42. The maximum absolute atomic E-state index is 12.6. The van der Waals surface area contributed by atoms with E-state index in [4.69, 9.17) is 0 Å². The highest BCUT2D eigenvalue weighted by atomic mass is 79.9. The van der Waals surface area contributed by atoms with Crippen molar-refractivity contribution in [3.8, 4) is 0 Å². The summed E-state index contributed by atoms with van der Waals surface area (Å²) < 4.78 is 12.6. The molecule has 1 aromatic heterocycles. The molecule has 0 radical (unpaired) electrons. The van der Waals surface area contributed by atoms with Gasteiger partial charge in [0.15, 0.2) is 0 Å². The van der Waals surface area contributed by atoms with Gasteiger partial charge in [-0.2, -0.15) is 4.39 Å². The van der Waals surface area contributed by atoms with Crippen molar-refractivity contribution in [2.75, 3.05) is 0 Å². The van der Waals surface area contributed by atoms with E-state index < -0.39 is 0 Å². The molecule has 0 aliphatic carbocycles. The van der Waals surface area contributed by atoms with Crippen LogP contribution in [0.25, 0.3) is 0 Å². The molecule has 0 aliphatic rings. The second-order valence-corrected chi connectivity index (χ2v) is 2.66. The largest absolute Gasteiger partial charge is 0.228 e. The third kappa shape index (κ3) is 1.53. The molecule has 0 aromatic carbocycles. The molecule has 0 bridgehead atoms. The van der Waals surface area contributed by atoms with Crippen LogP contribution in [0.15, 0.2) is 12.3 Å². The van der Waals surface area contributed by atoms with Crippen molar-refractivity contribution < 1.29 is 4.39 Å². The summed E-state index contributed by atoms with van der Waals surface area (Å²) in [7, 11) is 0. The van der Waals surface area contributed by atoms with Crippen LogP contribution >= 0.6 is 15.9 Å². The van der Waals surface area contributed by atoms with Gasteiger partial charge in [-0.25, -0.2) is 4.98 Å². The van der Waals surface area contributed by atoms with Gasteiger partial charge < -0.3 is 0 Å². The molecule has 10 heavy (non-hydrogen) atoms. The lowest BCUT2D eigenvalue weighted by atomic mass is 10.2. The monoisotopic (exact) mass is 203 g/mol. The van der Waals surface area contributed by atoms with E-state index in [9.17, 15) is 4.39 Å². The molecule has 0 amide bonds. The second-order valence-electron chi connectivity index (χ2n) is 2.10. The Bertz CT molecular complexity index is 237. The van der Waals surface area contributed by atoms with Crippen LogP contribution in [-0.2, 0) is 5.33 Å². The molecule has 0 atom stereocenters. The van der Waals surface area contributed by atoms with Crippen LogP contribution in [0.5, 0.6) is 0 Å². The van der Waals surface area contributed by atoms with Gasteiger partial charge in [0.2, 0.25) is 5.95 Å². The first-order chi connectivity index (χ1) is 4.74. The fourth-order valence-corrected chi connectivity index (χ4v) is 1.10. The highest BCUT2D eigenvalue weighted by molar-refractivity contribution is 9.08. The SMILES string of the molecule is Cc1cnc(F)c(CBr)c1. The lowest BCUT2D eigenvalue weighted by Crippen LogP contribution is -1.90. The summed E-state index contributed by atoms with van der Waals surface area (Å²) in [5.41, 5.74) is 1.59. The molecule has 0 spiro atoms. The number of rotatable bonds is 1. The Balaban J connectivity index is 3.09. The quantitative estimate of drug-likeness (QED) is 0.505. The minimum atomic E-state index is -0.387. The summed E-state index contributed by atoms with van der Waals surface area (Å²) in [6.07, 6.45) is 1.52. The Labute approximate surface area is 67.4 Å². The zero-order valence-electron chi connectivity index (χ0n) is 5.56. The number of nitrogens with zero attached hydrogens (tertiary/aromatic N) is 1. The van der Waals surface area contributed by atoms with Gasteiger partial charge in [-0.15, -0.1) is 0 Å². The molecule has 0 fully saturated rings. The lowest BCUT2D eigenvalue weighted by molar-refractivity contribution is 0.572. The third-order valence-corrected chi connectivity index (χ3v) is 1.80. The summed E-state index contributed by atoms with van der Waals surface area (Å²) in [6, 6.07) is 1.77. The van der Waals surface area contributed by atoms with Crippen LogP contribution in [0.3, 0.4) is 0 Å². The summed E-state index contributed by atoms with van der Waals surface area (Å²) in [5.74, 6) is -0.387. The smallest absolute Gasteiger partial charge is 0.216 e. The molecule has 0 N–H and O–H groups in total. The van der Waals surface area contributed by atoms with Gasteiger partial charge in [-0.3, -0.25) is 0 Å². The number of hydrogen-bond donors (Lipinski definition) is 0. The van der Waals surface area contributed by atoms with Gasteiger partial charge in [0, 0.05) is 17.1 Å². The molecule has 54 valence electrons. The summed E-state index contributed by atoms with van der Waals surface area (Å²) in [6.45, 7) is 1.89. The first-order valence-corrected chi connectivity index (χ1v) is 4.03. The Morgan fingerprint density at radius 1 is 1.70 bits per heavy atom. The number of hydrogen-bond acceptors (Lipinski definition) is 1. The second kappa shape index (κ2) is 3.10. The summed E-state index contributed by atoms with van der Waals surface area (Å²) in [4.78, 5) is 3.55. The van der Waals surface area contributed by atoms with Crippen molar-refractivity contribution in [2.24, 2.45) is 0 Å². The van der Waals surface area contributed by atoms with Crippen LogP contribution < -0.4 is 0 Å². The molecule has 3 heteroatoms. The zero-order valence-corrected chi connectivity index (χ0v) is 7.15. The first kappa shape index (κ1) is 7.66. The van der Waals surface area contributed by atoms with Crippen molar-refractivity contribution >= 4 is 15.9 Å². The Kier molecular flexibility index (Phi) is 2.38. The third-order valence-electron chi connectivity index (χ3n) is 1.19. The van der Waals surface area contributed by atoms with Gasteiger partial charge in [0.25, 0.3) is 0 Å². The summed E-state index contributed by atoms with van der Waals surface area (Å²) >= 11 is 3.16. The maximum atomic E-state index is 12.6. The number of aromatic nitrogens is 1. The molecule has 0 saturated heterocycles. The molecular weight excluding hydrogens is 197 g/mol. The van der Waals surface area contributed by atoms with E-state index in [2.05, 4.69) is 20.9 Å². The number of alkyl halides is 1. The van der Waals surface area contributed by atoms with Crippen LogP contribution in [0.1, 0.15) is 11.1 Å². The Morgan fingerprint density at radius 3 is 2.90 bits per heavy atom. The van der Waals surface area contributed by atoms with Crippen molar-refractivity contribution in [1.29, 1.82) is 0 Å². The van der Waals surface area contributed by atoms with E-state index >= 15 is 0 Å². The van der Waals surface area contributed by atoms with Crippen LogP contribution in [0, 0.1) is 12.9 Å². The lowest BCUT2D eigenvalue weighted by Gasteiger charge is -1.97. The van der Waals surface area contributed by atoms with Crippen LogP contribution in [-0.4, -0.2) is 4.98 Å². The highest BCUT2D eigenvalue weighted by Gasteiger charge is 1.99. The van der Waals surface area contributed by atoms with E-state index in [1.54, 1.807) is 6.07 Å². The standard InChI is InChI=1S/C7H7BrFN/c1-5-2-6(3-8)7(9)10-4-5/h2,4H,3H2,1H3. The van der Waals surface area contributed by atoms with Gasteiger partial charge in [0.05, 0.1) is 0 Å². The van der Waals surface area contributed by atoms with E-state index in [1.165, 1.54) is 6.20 Å². The van der Waals surface area contributed by atoms with Crippen molar-refractivity contribution in [1.82, 2.24) is 4.98 Å². The number of pyridine rings is 1. The fraction of sp³-hybridized carbons (Fsp3) is 0.286. The van der Waals surface area contributed by atoms with E-state index in [0.29, 0.717) is 10.9 Å². The molecule has 0 saturated carbocycles. The van der Waals surface area contributed by atoms with Gasteiger partial charge in [0.1, 0.15) is 0 Å². The zero-order chi connectivity index (χ0) is 7.56. The Morgan fingerprint density at radius 2 is 2.40 bits per heavy atom. The van der Waals surface area contributed by atoms with Crippen LogP contribution in [0.4, 0.5) is 4.39 Å². The van der Waals surface area contributed by atoms with Crippen molar-refractivity contribution in [3.63, 3.8) is 0 Å². The number of halogens is 2. The molecule has 0 aliphatic heterocycles. The molecular formula is C7H7BrFN. The average molecular weight is 204 g/mol. The number of aryl methyl sites for hydroxylation is 1. The first-order valence-electron chi connectivity index (χ1n) is 2.91. The van der Waals surface area contributed by atoms with E-state index in [-0.39, 0.29) is 5.95 Å². The highest BCUT2D eigenvalue weighted by Crippen LogP contribution is 2.09.